The van der Waals surface area contributed by atoms with Gasteiger partial charge in [0.05, 0.1) is 13.2 Å². The lowest BCUT2D eigenvalue weighted by atomic mass is 10.1. The maximum atomic E-state index is 12.6. The second-order valence-electron chi connectivity index (χ2n) is 5.38. The summed E-state index contributed by atoms with van der Waals surface area (Å²) in [6.45, 7) is 6.81. The molecule has 25 heavy (non-hydrogen) atoms. The standard InChI is InChI=1S/C17H21Cl2N3O3/c1-4-14-20-15(25-21-14)10-22(5-2)16(17(23)24-6-3)11-7-12(18)9-13(19)8-11/h7-9,16H,4-6,10H2,1-3H3/t16-/m0/s1. The molecule has 2 rings (SSSR count). The molecule has 0 unspecified atom stereocenters. The number of nitrogens with zero attached hydrogens (tertiary/aromatic N) is 3. The fraction of sp³-hybridized carbons (Fsp3) is 0.471. The van der Waals surface area contributed by atoms with Crippen molar-refractivity contribution in [1.29, 1.82) is 0 Å². The molecule has 0 saturated heterocycles. The summed E-state index contributed by atoms with van der Waals surface area (Å²) in [7, 11) is 0. The highest BCUT2D eigenvalue weighted by Gasteiger charge is 2.30. The third-order valence-corrected chi connectivity index (χ3v) is 4.08. The fourth-order valence-electron chi connectivity index (χ4n) is 2.51. The van der Waals surface area contributed by atoms with Crippen molar-refractivity contribution in [2.24, 2.45) is 0 Å². The second-order valence-corrected chi connectivity index (χ2v) is 6.25. The first-order valence-corrected chi connectivity index (χ1v) is 8.92. The highest BCUT2D eigenvalue weighted by atomic mass is 35.5. The molecule has 1 atom stereocenters. The first kappa shape index (κ1) is 19.7. The van der Waals surface area contributed by atoms with Crippen LogP contribution in [0.4, 0.5) is 0 Å². The molecule has 136 valence electrons. The van der Waals surface area contributed by atoms with E-state index in [1.165, 1.54) is 0 Å². The van der Waals surface area contributed by atoms with Crippen LogP contribution in [-0.2, 0) is 22.5 Å². The number of aromatic nitrogens is 2. The number of likely N-dealkylation sites (N-methyl/N-ethyl adjacent to an activating group) is 1. The summed E-state index contributed by atoms with van der Waals surface area (Å²) in [5.41, 5.74) is 0.660. The Morgan fingerprint density at radius 2 is 1.92 bits per heavy atom. The Morgan fingerprint density at radius 3 is 2.44 bits per heavy atom. The largest absolute Gasteiger partial charge is 0.465 e. The number of rotatable bonds is 8. The highest BCUT2D eigenvalue weighted by Crippen LogP contribution is 2.29. The smallest absolute Gasteiger partial charge is 0.328 e. The van der Waals surface area contributed by atoms with Crippen LogP contribution in [0.5, 0.6) is 0 Å². The predicted octanol–water partition coefficient (Wildman–Crippen LogP) is 4.07. The zero-order chi connectivity index (χ0) is 18.4. The molecule has 0 aliphatic rings. The molecule has 0 N–H and O–H groups in total. The van der Waals surface area contributed by atoms with Gasteiger partial charge in [0.1, 0.15) is 6.04 Å². The Morgan fingerprint density at radius 1 is 1.24 bits per heavy atom. The summed E-state index contributed by atoms with van der Waals surface area (Å²) in [5.74, 6) is 0.698. The van der Waals surface area contributed by atoms with Gasteiger partial charge < -0.3 is 9.26 Å². The van der Waals surface area contributed by atoms with Crippen LogP contribution in [-0.4, -0.2) is 34.2 Å². The van der Waals surface area contributed by atoms with Gasteiger partial charge in [0, 0.05) is 16.5 Å². The molecule has 0 radical (unpaired) electrons. The second kappa shape index (κ2) is 9.17. The quantitative estimate of drug-likeness (QED) is 0.638. The van der Waals surface area contributed by atoms with Crippen LogP contribution in [0.25, 0.3) is 0 Å². The highest BCUT2D eigenvalue weighted by molar-refractivity contribution is 6.34. The van der Waals surface area contributed by atoms with Crippen molar-refractivity contribution in [2.75, 3.05) is 13.2 Å². The zero-order valence-corrected chi connectivity index (χ0v) is 16.0. The Kier molecular flexibility index (Phi) is 7.23. The number of aryl methyl sites for hydroxylation is 1. The summed E-state index contributed by atoms with van der Waals surface area (Å²) in [6, 6.07) is 4.38. The summed E-state index contributed by atoms with van der Waals surface area (Å²) in [6.07, 6.45) is 0.681. The average molecular weight is 386 g/mol. The monoisotopic (exact) mass is 385 g/mol. The van der Waals surface area contributed by atoms with E-state index in [0.29, 0.717) is 46.8 Å². The topological polar surface area (TPSA) is 68.5 Å². The van der Waals surface area contributed by atoms with E-state index in [0.717, 1.165) is 0 Å². The lowest BCUT2D eigenvalue weighted by Gasteiger charge is -2.28. The minimum Gasteiger partial charge on any atom is -0.465 e. The number of halogens is 2. The van der Waals surface area contributed by atoms with Gasteiger partial charge in [-0.3, -0.25) is 4.90 Å². The minimum absolute atomic E-state index is 0.279. The Balaban J connectivity index is 2.35. The Bertz CT molecular complexity index is 701. The number of carbonyl (C=O) groups is 1. The molecule has 1 aromatic heterocycles. The van der Waals surface area contributed by atoms with E-state index in [-0.39, 0.29) is 12.6 Å². The number of benzene rings is 1. The van der Waals surface area contributed by atoms with Crippen molar-refractivity contribution < 1.29 is 14.1 Å². The van der Waals surface area contributed by atoms with Crippen molar-refractivity contribution >= 4 is 29.2 Å². The lowest BCUT2D eigenvalue weighted by Crippen LogP contribution is -2.35. The molecule has 0 fully saturated rings. The van der Waals surface area contributed by atoms with E-state index in [1.807, 2.05) is 18.7 Å². The minimum atomic E-state index is -0.668. The first-order valence-electron chi connectivity index (χ1n) is 8.16. The number of esters is 1. The molecule has 8 heteroatoms. The van der Waals surface area contributed by atoms with Gasteiger partial charge in [0.15, 0.2) is 5.82 Å². The molecule has 1 heterocycles. The lowest BCUT2D eigenvalue weighted by molar-refractivity contribution is -0.150. The molecule has 0 bridgehead atoms. The molecule has 0 aliphatic heterocycles. The van der Waals surface area contributed by atoms with E-state index >= 15 is 0 Å². The average Bonchev–Trinajstić information content (AvgIpc) is 3.01. The predicted molar refractivity (Wildman–Crippen MR) is 95.6 cm³/mol. The van der Waals surface area contributed by atoms with Crippen molar-refractivity contribution in [3.8, 4) is 0 Å². The van der Waals surface area contributed by atoms with E-state index in [4.69, 9.17) is 32.5 Å². The van der Waals surface area contributed by atoms with Crippen LogP contribution >= 0.6 is 23.2 Å². The maximum absolute atomic E-state index is 12.6. The normalized spacial score (nSPS) is 12.4. The SMILES string of the molecule is CCOC(=O)[C@H](c1cc(Cl)cc(Cl)c1)N(CC)Cc1nc(CC)no1. The van der Waals surface area contributed by atoms with Gasteiger partial charge in [-0.15, -0.1) is 0 Å². The van der Waals surface area contributed by atoms with Gasteiger partial charge in [-0.1, -0.05) is 42.2 Å². The molecular weight excluding hydrogens is 365 g/mol. The summed E-state index contributed by atoms with van der Waals surface area (Å²) in [5, 5.41) is 4.81. The van der Waals surface area contributed by atoms with Crippen LogP contribution in [0.2, 0.25) is 10.0 Å². The van der Waals surface area contributed by atoms with Crippen LogP contribution in [0, 0.1) is 0 Å². The van der Waals surface area contributed by atoms with Crippen molar-refractivity contribution in [2.45, 2.75) is 39.8 Å². The Hall–Kier alpha value is -1.63. The molecule has 0 amide bonds. The van der Waals surface area contributed by atoms with Crippen molar-refractivity contribution in [1.82, 2.24) is 15.0 Å². The van der Waals surface area contributed by atoms with Gasteiger partial charge in [0.2, 0.25) is 5.89 Å². The molecular formula is C17H21Cl2N3O3. The van der Waals surface area contributed by atoms with Gasteiger partial charge in [-0.25, -0.2) is 4.79 Å². The maximum Gasteiger partial charge on any atom is 0.328 e. The van der Waals surface area contributed by atoms with Crippen LogP contribution in [0.1, 0.15) is 44.1 Å². The molecule has 0 saturated carbocycles. The van der Waals surface area contributed by atoms with Crippen molar-refractivity contribution in [3.05, 3.63) is 45.5 Å². The van der Waals surface area contributed by atoms with Gasteiger partial charge >= 0.3 is 5.97 Å². The molecule has 1 aromatic carbocycles. The van der Waals surface area contributed by atoms with E-state index in [1.54, 1.807) is 25.1 Å². The molecule has 6 nitrogen and oxygen atoms in total. The number of carbonyl (C=O) groups excluding carboxylic acids is 1. The fourth-order valence-corrected chi connectivity index (χ4v) is 3.05. The molecule has 2 aromatic rings. The van der Waals surface area contributed by atoms with Crippen LogP contribution in [0.15, 0.2) is 22.7 Å². The van der Waals surface area contributed by atoms with Gasteiger partial charge in [-0.05, 0) is 37.2 Å². The molecule has 0 spiro atoms. The van der Waals surface area contributed by atoms with Crippen LogP contribution < -0.4 is 0 Å². The Labute approximate surface area is 157 Å². The van der Waals surface area contributed by atoms with Gasteiger partial charge in [-0.2, -0.15) is 4.98 Å². The zero-order valence-electron chi connectivity index (χ0n) is 14.5. The number of hydrogen-bond acceptors (Lipinski definition) is 6. The summed E-state index contributed by atoms with van der Waals surface area (Å²) in [4.78, 5) is 18.8. The van der Waals surface area contributed by atoms with E-state index in [2.05, 4.69) is 10.1 Å². The third kappa shape index (κ3) is 5.17. The van der Waals surface area contributed by atoms with Crippen LogP contribution in [0.3, 0.4) is 0 Å². The molecule has 0 aliphatic carbocycles. The third-order valence-electron chi connectivity index (χ3n) is 3.65. The number of hydrogen-bond donors (Lipinski definition) is 0. The summed E-state index contributed by atoms with van der Waals surface area (Å²) >= 11 is 12.2. The van der Waals surface area contributed by atoms with Crippen molar-refractivity contribution in [3.63, 3.8) is 0 Å². The summed E-state index contributed by atoms with van der Waals surface area (Å²) < 4.78 is 10.5. The first-order chi connectivity index (χ1) is 12.0. The van der Waals surface area contributed by atoms with E-state index < -0.39 is 6.04 Å². The van der Waals surface area contributed by atoms with E-state index in [9.17, 15) is 4.79 Å². The number of ether oxygens (including phenoxy) is 1. The van der Waals surface area contributed by atoms with Gasteiger partial charge in [0.25, 0.3) is 0 Å².